The Kier molecular flexibility index (Phi) is 9.16. The van der Waals surface area contributed by atoms with Crippen LogP contribution in [0.25, 0.3) is 0 Å². The molecule has 4 rings (SSSR count). The number of morpholine rings is 1. The lowest BCUT2D eigenvalue weighted by atomic mass is 9.67. The molecule has 164 valence electrons. The smallest absolute Gasteiger partial charge is 0.227 e. The molecule has 1 aromatic rings. The molecule has 0 bridgehead atoms. The largest absolute Gasteiger partial charge is 0.379 e. The van der Waals surface area contributed by atoms with E-state index in [4.69, 9.17) is 4.74 Å². The quantitative estimate of drug-likeness (QED) is 0.728. The number of nitrogens with zero attached hydrogens (tertiary/aromatic N) is 1. The lowest BCUT2D eigenvalue weighted by Gasteiger charge is -2.39. The zero-order chi connectivity index (χ0) is 18.7. The molecule has 2 aliphatic heterocycles. The Morgan fingerprint density at radius 2 is 2.10 bits per heavy atom. The third-order valence-corrected chi connectivity index (χ3v) is 6.67. The van der Waals surface area contributed by atoms with Crippen LogP contribution in [-0.2, 0) is 9.53 Å². The monoisotopic (exact) mass is 447 g/mol. The highest BCUT2D eigenvalue weighted by Crippen LogP contribution is 2.44. The Morgan fingerprint density at radius 3 is 2.86 bits per heavy atom. The highest BCUT2D eigenvalue weighted by atomic mass is 35.5. The number of amides is 1. The molecule has 0 radical (unpaired) electrons. The summed E-state index contributed by atoms with van der Waals surface area (Å²) < 4.78 is 19.3. The van der Waals surface area contributed by atoms with Crippen molar-refractivity contribution in [3.8, 4) is 0 Å². The van der Waals surface area contributed by atoms with E-state index in [1.165, 1.54) is 12.5 Å². The van der Waals surface area contributed by atoms with Crippen LogP contribution in [-0.4, -0.2) is 56.7 Å². The fraction of sp³-hybridized carbons (Fsp3) is 0.667. The standard InChI is InChI=1S/C21H30FN3O2.2ClH/c22-18-6-3-4-16(12-18)19(25-8-10-27-11-9-25)14-24-20(26)21-7-2-1-5-17(21)13-23-15-21;;/h3-4,6,12,17,19,23H,1-2,5,7-11,13-15H2,(H,24,26);2*1H/t17-,19?,21+;;/m0../s1. The molecule has 1 amide bonds. The van der Waals surface area contributed by atoms with E-state index in [1.807, 2.05) is 6.07 Å². The molecule has 1 aromatic carbocycles. The molecular formula is C21H32Cl2FN3O2. The molecule has 3 fully saturated rings. The number of nitrogens with one attached hydrogen (secondary N) is 2. The second-order valence-electron chi connectivity index (χ2n) is 8.16. The SMILES string of the molecule is Cl.Cl.O=C(NCC(c1cccc(F)c1)N1CCOCC1)[C@@]12CCCC[C@H]1CNC2. The van der Waals surface area contributed by atoms with Crippen molar-refractivity contribution in [3.05, 3.63) is 35.6 Å². The Morgan fingerprint density at radius 1 is 1.31 bits per heavy atom. The number of ether oxygens (including phenoxy) is 1. The lowest BCUT2D eigenvalue weighted by molar-refractivity contribution is -0.134. The van der Waals surface area contributed by atoms with Crippen LogP contribution in [0.15, 0.2) is 24.3 Å². The van der Waals surface area contributed by atoms with Gasteiger partial charge in [-0.3, -0.25) is 9.69 Å². The number of carbonyl (C=O) groups is 1. The molecule has 1 saturated carbocycles. The number of hydrogen-bond donors (Lipinski definition) is 2. The number of rotatable bonds is 5. The van der Waals surface area contributed by atoms with E-state index < -0.39 is 0 Å². The minimum absolute atomic E-state index is 0. The average Bonchev–Trinajstić information content (AvgIpc) is 3.14. The van der Waals surface area contributed by atoms with Crippen molar-refractivity contribution < 1.29 is 13.9 Å². The van der Waals surface area contributed by atoms with Crippen LogP contribution in [0.2, 0.25) is 0 Å². The number of hydrogen-bond acceptors (Lipinski definition) is 4. The maximum atomic E-state index is 13.8. The zero-order valence-electron chi connectivity index (χ0n) is 16.7. The predicted molar refractivity (Wildman–Crippen MR) is 116 cm³/mol. The first-order chi connectivity index (χ1) is 13.2. The summed E-state index contributed by atoms with van der Waals surface area (Å²) >= 11 is 0. The van der Waals surface area contributed by atoms with Crippen molar-refractivity contribution in [2.75, 3.05) is 45.9 Å². The van der Waals surface area contributed by atoms with Gasteiger partial charge in [0.1, 0.15) is 5.82 Å². The Balaban J connectivity index is 0.00000150. The Labute approximate surface area is 184 Å². The van der Waals surface area contributed by atoms with Crippen LogP contribution in [0.5, 0.6) is 0 Å². The summed E-state index contributed by atoms with van der Waals surface area (Å²) in [5.41, 5.74) is 0.662. The predicted octanol–water partition coefficient (Wildman–Crippen LogP) is 2.94. The van der Waals surface area contributed by atoms with Crippen LogP contribution in [0.1, 0.15) is 37.3 Å². The molecule has 5 nitrogen and oxygen atoms in total. The van der Waals surface area contributed by atoms with Gasteiger partial charge >= 0.3 is 0 Å². The molecule has 0 spiro atoms. The van der Waals surface area contributed by atoms with Crippen molar-refractivity contribution in [2.45, 2.75) is 31.7 Å². The number of carbonyl (C=O) groups excluding carboxylic acids is 1. The van der Waals surface area contributed by atoms with Gasteiger partial charge in [0.05, 0.1) is 24.7 Å². The Bertz CT molecular complexity index is 675. The molecule has 2 saturated heterocycles. The van der Waals surface area contributed by atoms with Gasteiger partial charge in [0.15, 0.2) is 0 Å². The van der Waals surface area contributed by atoms with Crippen LogP contribution in [0, 0.1) is 17.2 Å². The third kappa shape index (κ3) is 5.23. The molecular weight excluding hydrogens is 416 g/mol. The summed E-state index contributed by atoms with van der Waals surface area (Å²) in [7, 11) is 0. The zero-order valence-corrected chi connectivity index (χ0v) is 18.3. The van der Waals surface area contributed by atoms with E-state index in [0.717, 1.165) is 51.0 Å². The van der Waals surface area contributed by atoms with E-state index in [-0.39, 0.29) is 48.0 Å². The first-order valence-electron chi connectivity index (χ1n) is 10.3. The molecule has 29 heavy (non-hydrogen) atoms. The number of benzene rings is 1. The van der Waals surface area contributed by atoms with Crippen LogP contribution in [0.4, 0.5) is 4.39 Å². The van der Waals surface area contributed by atoms with Crippen molar-refractivity contribution in [3.63, 3.8) is 0 Å². The summed E-state index contributed by atoms with van der Waals surface area (Å²) in [6.07, 6.45) is 4.46. The molecule has 0 aromatic heterocycles. The molecule has 3 aliphatic rings. The first kappa shape index (κ1) is 24.4. The van der Waals surface area contributed by atoms with E-state index >= 15 is 0 Å². The molecule has 1 aliphatic carbocycles. The highest BCUT2D eigenvalue weighted by Gasteiger charge is 2.49. The molecule has 8 heteroatoms. The molecule has 3 atom stereocenters. The second kappa shape index (κ2) is 10.9. The van der Waals surface area contributed by atoms with Gasteiger partial charge in [-0.25, -0.2) is 4.39 Å². The Hall–Kier alpha value is -0.920. The third-order valence-electron chi connectivity index (χ3n) is 6.67. The second-order valence-corrected chi connectivity index (χ2v) is 8.16. The minimum atomic E-state index is -0.254. The van der Waals surface area contributed by atoms with Crippen molar-refractivity contribution >= 4 is 30.7 Å². The number of halogens is 3. The van der Waals surface area contributed by atoms with Gasteiger partial charge in [0.25, 0.3) is 0 Å². The maximum absolute atomic E-state index is 13.8. The van der Waals surface area contributed by atoms with Gasteiger partial charge in [0.2, 0.25) is 5.91 Å². The first-order valence-corrected chi connectivity index (χ1v) is 10.3. The summed E-state index contributed by atoms with van der Waals surface area (Å²) in [6.45, 7) is 5.19. The number of fused-ring (bicyclic) bond motifs is 1. The summed E-state index contributed by atoms with van der Waals surface area (Å²) in [4.78, 5) is 15.5. The van der Waals surface area contributed by atoms with E-state index in [2.05, 4.69) is 15.5 Å². The topological polar surface area (TPSA) is 53.6 Å². The van der Waals surface area contributed by atoms with Gasteiger partial charge in [-0.05, 0) is 43.0 Å². The van der Waals surface area contributed by atoms with Crippen LogP contribution >= 0.6 is 24.8 Å². The minimum Gasteiger partial charge on any atom is -0.379 e. The van der Waals surface area contributed by atoms with E-state index in [1.54, 1.807) is 12.1 Å². The highest BCUT2D eigenvalue weighted by molar-refractivity contribution is 5.85. The van der Waals surface area contributed by atoms with Gasteiger partial charge < -0.3 is 15.4 Å². The molecule has 2 heterocycles. The fourth-order valence-corrected chi connectivity index (χ4v) is 5.12. The fourth-order valence-electron chi connectivity index (χ4n) is 5.12. The van der Waals surface area contributed by atoms with Crippen LogP contribution < -0.4 is 10.6 Å². The van der Waals surface area contributed by atoms with E-state index in [0.29, 0.717) is 25.7 Å². The average molecular weight is 448 g/mol. The van der Waals surface area contributed by atoms with Gasteiger partial charge in [-0.2, -0.15) is 0 Å². The van der Waals surface area contributed by atoms with Crippen LogP contribution in [0.3, 0.4) is 0 Å². The summed E-state index contributed by atoms with van der Waals surface area (Å²) in [6, 6.07) is 6.73. The van der Waals surface area contributed by atoms with Crippen molar-refractivity contribution in [2.24, 2.45) is 11.3 Å². The van der Waals surface area contributed by atoms with Gasteiger partial charge in [0, 0.05) is 26.2 Å². The van der Waals surface area contributed by atoms with Crippen molar-refractivity contribution in [1.29, 1.82) is 0 Å². The maximum Gasteiger partial charge on any atom is 0.227 e. The van der Waals surface area contributed by atoms with Gasteiger partial charge in [-0.15, -0.1) is 24.8 Å². The summed E-state index contributed by atoms with van der Waals surface area (Å²) in [5.74, 6) is 0.386. The summed E-state index contributed by atoms with van der Waals surface area (Å²) in [5, 5.41) is 6.68. The van der Waals surface area contributed by atoms with Crippen molar-refractivity contribution in [1.82, 2.24) is 15.5 Å². The van der Waals surface area contributed by atoms with Gasteiger partial charge in [-0.1, -0.05) is 25.0 Å². The normalized spacial score (nSPS) is 27.8. The lowest BCUT2D eigenvalue weighted by Crippen LogP contribution is -2.50. The molecule has 2 N–H and O–H groups in total. The molecule has 1 unspecified atom stereocenters. The van der Waals surface area contributed by atoms with E-state index in [9.17, 15) is 9.18 Å².